The summed E-state index contributed by atoms with van der Waals surface area (Å²) in [7, 11) is -3.31. The van der Waals surface area contributed by atoms with E-state index in [4.69, 9.17) is 5.11 Å². The van der Waals surface area contributed by atoms with Crippen LogP contribution in [0.3, 0.4) is 0 Å². The largest absolute Gasteiger partial charge is 0.395 e. The van der Waals surface area contributed by atoms with Crippen LogP contribution < -0.4 is 4.72 Å². The molecule has 1 rings (SSSR count). The zero-order chi connectivity index (χ0) is 10.4. The van der Waals surface area contributed by atoms with Crippen LogP contribution in [-0.2, 0) is 16.4 Å². The van der Waals surface area contributed by atoms with E-state index < -0.39 is 10.0 Å². The molecule has 0 spiro atoms. The van der Waals surface area contributed by atoms with E-state index in [1.165, 1.54) is 11.3 Å². The number of rotatable bonds is 6. The summed E-state index contributed by atoms with van der Waals surface area (Å²) in [4.78, 5) is 4.02. The standard InChI is InChI=1S/C7H12N2O3S2/c10-3-4-14(11,12)9-2-1-7-5-13-6-8-7/h5-6,9-10H,1-4H2. The Balaban J connectivity index is 2.28. The van der Waals surface area contributed by atoms with E-state index in [0.717, 1.165) is 5.69 Å². The Morgan fingerprint density at radius 3 is 2.93 bits per heavy atom. The molecule has 1 heterocycles. The molecule has 0 aromatic carbocycles. The second-order valence-corrected chi connectivity index (χ2v) is 5.31. The van der Waals surface area contributed by atoms with Crippen molar-refractivity contribution in [1.82, 2.24) is 9.71 Å². The molecular weight excluding hydrogens is 224 g/mol. The minimum Gasteiger partial charge on any atom is -0.395 e. The van der Waals surface area contributed by atoms with Gasteiger partial charge in [0.15, 0.2) is 0 Å². The average molecular weight is 236 g/mol. The van der Waals surface area contributed by atoms with Gasteiger partial charge >= 0.3 is 0 Å². The molecule has 80 valence electrons. The summed E-state index contributed by atoms with van der Waals surface area (Å²) >= 11 is 1.48. The third-order valence-corrected chi connectivity index (χ3v) is 3.55. The molecule has 5 nitrogen and oxygen atoms in total. The van der Waals surface area contributed by atoms with Crippen LogP contribution in [0.1, 0.15) is 5.69 Å². The molecule has 7 heteroatoms. The van der Waals surface area contributed by atoms with Gasteiger partial charge in [0.1, 0.15) is 0 Å². The second-order valence-electron chi connectivity index (χ2n) is 2.67. The van der Waals surface area contributed by atoms with Crippen molar-refractivity contribution in [3.05, 3.63) is 16.6 Å². The Morgan fingerprint density at radius 1 is 1.57 bits per heavy atom. The van der Waals surface area contributed by atoms with Gasteiger partial charge in [-0.05, 0) is 0 Å². The van der Waals surface area contributed by atoms with E-state index in [2.05, 4.69) is 9.71 Å². The van der Waals surface area contributed by atoms with E-state index >= 15 is 0 Å². The molecule has 1 aromatic rings. The molecule has 0 atom stereocenters. The monoisotopic (exact) mass is 236 g/mol. The van der Waals surface area contributed by atoms with Gasteiger partial charge in [0, 0.05) is 18.3 Å². The first-order chi connectivity index (χ1) is 6.64. The highest BCUT2D eigenvalue weighted by molar-refractivity contribution is 7.89. The molecule has 0 fully saturated rings. The lowest BCUT2D eigenvalue weighted by Gasteiger charge is -2.03. The molecule has 0 aliphatic rings. The Labute approximate surface area is 86.9 Å². The summed E-state index contributed by atoms with van der Waals surface area (Å²) in [6, 6.07) is 0. The maximum atomic E-state index is 11.1. The van der Waals surface area contributed by atoms with Crippen LogP contribution >= 0.6 is 11.3 Å². The Bertz CT molecular complexity index is 347. The lowest BCUT2D eigenvalue weighted by atomic mass is 10.3. The molecule has 0 aliphatic carbocycles. The minimum atomic E-state index is -3.31. The van der Waals surface area contributed by atoms with E-state index in [9.17, 15) is 8.42 Å². The van der Waals surface area contributed by atoms with Crippen LogP contribution in [0.25, 0.3) is 0 Å². The minimum absolute atomic E-state index is 0.246. The molecule has 1 aromatic heterocycles. The highest BCUT2D eigenvalue weighted by Gasteiger charge is 2.07. The van der Waals surface area contributed by atoms with E-state index in [0.29, 0.717) is 13.0 Å². The van der Waals surface area contributed by atoms with Crippen molar-refractivity contribution in [1.29, 1.82) is 0 Å². The number of hydrogen-bond acceptors (Lipinski definition) is 5. The summed E-state index contributed by atoms with van der Waals surface area (Å²) in [5.74, 6) is -0.246. The predicted molar refractivity (Wildman–Crippen MR) is 54.7 cm³/mol. The summed E-state index contributed by atoms with van der Waals surface area (Å²) in [6.45, 7) is -0.0297. The predicted octanol–water partition coefficient (Wildman–Crippen LogP) is -0.403. The summed E-state index contributed by atoms with van der Waals surface area (Å²) < 4.78 is 24.5. The van der Waals surface area contributed by atoms with Crippen LogP contribution in [0.2, 0.25) is 0 Å². The molecular formula is C7H12N2O3S2. The highest BCUT2D eigenvalue weighted by atomic mass is 32.2. The van der Waals surface area contributed by atoms with Crippen LogP contribution in [0, 0.1) is 0 Å². The average Bonchev–Trinajstić information content (AvgIpc) is 2.56. The zero-order valence-corrected chi connectivity index (χ0v) is 9.14. The van der Waals surface area contributed by atoms with Gasteiger partial charge in [-0.25, -0.2) is 18.1 Å². The first kappa shape index (κ1) is 11.6. The second kappa shape index (κ2) is 5.40. The third-order valence-electron chi connectivity index (χ3n) is 1.55. The third kappa shape index (κ3) is 4.14. The van der Waals surface area contributed by atoms with Gasteiger partial charge in [-0.2, -0.15) is 0 Å². The quantitative estimate of drug-likeness (QED) is 0.704. The fourth-order valence-corrected chi connectivity index (χ4v) is 2.28. The summed E-state index contributed by atoms with van der Waals surface area (Å²) in [5, 5.41) is 10.3. The van der Waals surface area contributed by atoms with Gasteiger partial charge in [-0.15, -0.1) is 11.3 Å². The maximum Gasteiger partial charge on any atom is 0.213 e. The number of sulfonamides is 1. The van der Waals surface area contributed by atoms with E-state index in [1.807, 2.05) is 5.38 Å². The molecule has 0 radical (unpaired) electrons. The fourth-order valence-electron chi connectivity index (χ4n) is 0.888. The van der Waals surface area contributed by atoms with Gasteiger partial charge in [0.05, 0.1) is 23.6 Å². The normalized spacial score (nSPS) is 11.8. The Kier molecular flexibility index (Phi) is 4.46. The van der Waals surface area contributed by atoms with Crippen molar-refractivity contribution >= 4 is 21.4 Å². The molecule has 0 aliphatic heterocycles. The molecule has 0 saturated carbocycles. The lowest BCUT2D eigenvalue weighted by molar-refractivity contribution is 0.319. The van der Waals surface area contributed by atoms with Crippen molar-refractivity contribution in [2.75, 3.05) is 18.9 Å². The molecule has 0 unspecified atom stereocenters. The van der Waals surface area contributed by atoms with Gasteiger partial charge < -0.3 is 5.11 Å². The zero-order valence-electron chi connectivity index (χ0n) is 7.51. The van der Waals surface area contributed by atoms with Gasteiger partial charge in [-0.3, -0.25) is 0 Å². The first-order valence-electron chi connectivity index (χ1n) is 4.09. The number of aromatic nitrogens is 1. The van der Waals surface area contributed by atoms with Crippen LogP contribution in [0.4, 0.5) is 0 Å². The number of nitrogens with one attached hydrogen (secondary N) is 1. The first-order valence-corrected chi connectivity index (χ1v) is 6.69. The molecule has 0 bridgehead atoms. The van der Waals surface area contributed by atoms with Crippen molar-refractivity contribution < 1.29 is 13.5 Å². The van der Waals surface area contributed by atoms with E-state index in [-0.39, 0.29) is 12.4 Å². The van der Waals surface area contributed by atoms with Crippen molar-refractivity contribution in [2.24, 2.45) is 0 Å². The number of aliphatic hydroxyl groups is 1. The van der Waals surface area contributed by atoms with Crippen LogP contribution in [-0.4, -0.2) is 37.4 Å². The number of aliphatic hydroxyl groups excluding tert-OH is 1. The maximum absolute atomic E-state index is 11.1. The van der Waals surface area contributed by atoms with Gasteiger partial charge in [-0.1, -0.05) is 0 Å². The van der Waals surface area contributed by atoms with Crippen molar-refractivity contribution in [2.45, 2.75) is 6.42 Å². The number of thiazole rings is 1. The van der Waals surface area contributed by atoms with E-state index in [1.54, 1.807) is 5.51 Å². The summed E-state index contributed by atoms with van der Waals surface area (Å²) in [5.41, 5.74) is 2.58. The van der Waals surface area contributed by atoms with Gasteiger partial charge in [0.25, 0.3) is 0 Å². The lowest BCUT2D eigenvalue weighted by Crippen LogP contribution is -2.29. The molecule has 0 amide bonds. The SMILES string of the molecule is O=S(=O)(CCO)NCCc1cscn1. The van der Waals surface area contributed by atoms with Gasteiger partial charge in [0.2, 0.25) is 10.0 Å². The number of nitrogens with zero attached hydrogens (tertiary/aromatic N) is 1. The van der Waals surface area contributed by atoms with Crippen molar-refractivity contribution in [3.63, 3.8) is 0 Å². The number of hydrogen-bond donors (Lipinski definition) is 2. The molecule has 14 heavy (non-hydrogen) atoms. The Hall–Kier alpha value is -0.500. The van der Waals surface area contributed by atoms with Crippen molar-refractivity contribution in [3.8, 4) is 0 Å². The molecule has 0 saturated heterocycles. The molecule has 2 N–H and O–H groups in total. The highest BCUT2D eigenvalue weighted by Crippen LogP contribution is 2.00. The fraction of sp³-hybridized carbons (Fsp3) is 0.571. The smallest absolute Gasteiger partial charge is 0.213 e. The van der Waals surface area contributed by atoms with Crippen LogP contribution in [0.15, 0.2) is 10.9 Å². The topological polar surface area (TPSA) is 79.3 Å². The Morgan fingerprint density at radius 2 is 2.36 bits per heavy atom. The van der Waals surface area contributed by atoms with Crippen LogP contribution in [0.5, 0.6) is 0 Å². The summed E-state index contributed by atoms with van der Waals surface area (Å²) in [6.07, 6.45) is 0.578.